The van der Waals surface area contributed by atoms with Crippen molar-refractivity contribution in [1.29, 1.82) is 0 Å². The van der Waals surface area contributed by atoms with Crippen molar-refractivity contribution in [2.75, 3.05) is 0 Å². The Bertz CT molecular complexity index is 1450. The van der Waals surface area contributed by atoms with E-state index in [0.29, 0.717) is 0 Å². The number of aryl methyl sites for hydroxylation is 4. The van der Waals surface area contributed by atoms with Crippen LogP contribution in [0.4, 0.5) is 0 Å². The number of allylic oxidation sites excluding steroid dienone is 4. The van der Waals surface area contributed by atoms with Gasteiger partial charge in [-0.1, -0.05) is 55.4 Å². The Balaban J connectivity index is 0.00000215. The van der Waals surface area contributed by atoms with Gasteiger partial charge in [0.2, 0.25) is 0 Å². The molecule has 3 aromatic heterocycles. The van der Waals surface area contributed by atoms with E-state index < -0.39 is 0 Å². The number of aromatic nitrogens is 4. The SMILES string of the molecule is CCC1=C(CC)c2cc3[nH]c(cc4nc(cc5[nH]c(cc1n2)c(CC)c5CC)C(CC)=C4CC)c(CC)c3CC.[O-2].[O-2].[V+4]. The topological polar surface area (TPSA) is 114 Å². The van der Waals surface area contributed by atoms with Crippen LogP contribution in [0.3, 0.4) is 0 Å². The molecule has 7 heteroatoms. The van der Waals surface area contributed by atoms with Gasteiger partial charge in [-0.3, -0.25) is 0 Å². The zero-order valence-electron chi connectivity index (χ0n) is 27.1. The second-order valence-electron chi connectivity index (χ2n) is 10.9. The average molecular weight is 618 g/mol. The molecular formula is C36H46N4O2V. The van der Waals surface area contributed by atoms with Crippen LogP contribution < -0.4 is 0 Å². The fourth-order valence-electron chi connectivity index (χ4n) is 7.10. The minimum absolute atomic E-state index is 0. The summed E-state index contributed by atoms with van der Waals surface area (Å²) in [5.74, 6) is 0. The number of H-pyrrole nitrogens is 2. The van der Waals surface area contributed by atoms with Crippen molar-refractivity contribution in [2.24, 2.45) is 0 Å². The molecule has 0 aliphatic carbocycles. The van der Waals surface area contributed by atoms with Crippen molar-refractivity contribution in [3.63, 3.8) is 0 Å². The summed E-state index contributed by atoms with van der Waals surface area (Å²) in [4.78, 5) is 18.2. The molecule has 3 aromatic rings. The zero-order valence-corrected chi connectivity index (χ0v) is 28.5. The van der Waals surface area contributed by atoms with Gasteiger partial charge in [0.25, 0.3) is 0 Å². The molecule has 227 valence electrons. The average Bonchev–Trinajstić information content (AvgIpc) is 3.67. The fourth-order valence-corrected chi connectivity index (χ4v) is 7.10. The predicted molar refractivity (Wildman–Crippen MR) is 175 cm³/mol. The Morgan fingerprint density at radius 3 is 0.767 bits per heavy atom. The molecule has 2 aliphatic rings. The standard InChI is InChI=1S/C36H46N4.2O.V/c1-9-21-22(10-2)30-18-32-25(13-5)26(14-6)34(39-32)20-36-28(16-8)27(15-7)35(40-36)19-33-24(12-4)23(11-3)31(38-33)17-29(21)37-30;;;/h17-20,37,40H,9-16H2,1-8H3;;;/q;2*-2;+4. The van der Waals surface area contributed by atoms with Crippen molar-refractivity contribution in [3.05, 3.63) is 69.3 Å². The number of nitrogens with zero attached hydrogens (tertiary/aromatic N) is 2. The van der Waals surface area contributed by atoms with Gasteiger partial charge < -0.3 is 20.9 Å². The smallest absolute Gasteiger partial charge is 2.00 e. The van der Waals surface area contributed by atoms with Gasteiger partial charge in [-0.15, -0.1) is 0 Å². The van der Waals surface area contributed by atoms with E-state index >= 15 is 0 Å². The summed E-state index contributed by atoms with van der Waals surface area (Å²) in [6.45, 7) is 18.1. The molecule has 2 N–H and O–H groups in total. The third kappa shape index (κ3) is 6.21. The van der Waals surface area contributed by atoms with Crippen molar-refractivity contribution < 1.29 is 29.5 Å². The first kappa shape index (κ1) is 36.3. The van der Waals surface area contributed by atoms with E-state index in [9.17, 15) is 0 Å². The third-order valence-corrected chi connectivity index (χ3v) is 8.97. The molecule has 2 aliphatic heterocycles. The molecular weight excluding hydrogens is 571 g/mol. The van der Waals surface area contributed by atoms with Gasteiger partial charge in [0.15, 0.2) is 0 Å². The van der Waals surface area contributed by atoms with Gasteiger partial charge in [0.1, 0.15) is 0 Å². The Morgan fingerprint density at radius 2 is 0.605 bits per heavy atom. The van der Waals surface area contributed by atoms with E-state index in [1.165, 1.54) is 66.6 Å². The second kappa shape index (κ2) is 15.2. The van der Waals surface area contributed by atoms with Gasteiger partial charge in [0.05, 0.1) is 22.8 Å². The Labute approximate surface area is 269 Å². The maximum atomic E-state index is 5.29. The van der Waals surface area contributed by atoms with Crippen LogP contribution in [-0.4, -0.2) is 19.9 Å². The van der Waals surface area contributed by atoms with Crippen LogP contribution in [0.1, 0.15) is 126 Å². The molecule has 0 atom stereocenters. The summed E-state index contributed by atoms with van der Waals surface area (Å²) in [6, 6.07) is 9.24. The zero-order chi connectivity index (χ0) is 28.6. The van der Waals surface area contributed by atoms with Crippen LogP contribution in [0, 0.1) is 0 Å². The molecule has 0 saturated carbocycles. The third-order valence-electron chi connectivity index (χ3n) is 8.97. The molecule has 0 unspecified atom stereocenters. The summed E-state index contributed by atoms with van der Waals surface area (Å²) < 4.78 is 0. The molecule has 6 nitrogen and oxygen atoms in total. The molecule has 5 heterocycles. The van der Waals surface area contributed by atoms with E-state index in [-0.39, 0.29) is 29.5 Å². The fraction of sp³-hybridized carbons (Fsp3) is 0.444. The maximum Gasteiger partial charge on any atom is 4.00 e. The monoisotopic (exact) mass is 617 g/mol. The van der Waals surface area contributed by atoms with E-state index in [1.807, 2.05) is 0 Å². The molecule has 0 amide bonds. The quantitative estimate of drug-likeness (QED) is 0.262. The first-order chi connectivity index (χ1) is 19.5. The summed E-state index contributed by atoms with van der Waals surface area (Å²) >= 11 is 0. The normalized spacial score (nSPS) is 12.7. The second-order valence-corrected chi connectivity index (χ2v) is 10.9. The Morgan fingerprint density at radius 1 is 0.395 bits per heavy atom. The number of rotatable bonds is 8. The number of fused-ring (bicyclic) bond motifs is 8. The molecule has 1 radical (unpaired) electrons. The van der Waals surface area contributed by atoms with Crippen molar-refractivity contribution in [2.45, 2.75) is 107 Å². The van der Waals surface area contributed by atoms with Crippen LogP contribution in [0.2, 0.25) is 0 Å². The molecule has 0 fully saturated rings. The Hall–Kier alpha value is -2.90. The largest absolute Gasteiger partial charge is 4.00 e. The number of hydrogen-bond acceptors (Lipinski definition) is 2. The molecule has 0 spiro atoms. The Kier molecular flexibility index (Phi) is 12.8. The van der Waals surface area contributed by atoms with Crippen LogP contribution in [0.25, 0.3) is 44.4 Å². The summed E-state index contributed by atoms with van der Waals surface area (Å²) in [7, 11) is 0. The van der Waals surface area contributed by atoms with Gasteiger partial charge in [-0.05, 0) is 120 Å². The minimum Gasteiger partial charge on any atom is -2.00 e. The first-order valence-electron chi connectivity index (χ1n) is 15.7. The molecule has 8 bridgehead atoms. The van der Waals surface area contributed by atoms with Crippen LogP contribution in [0.5, 0.6) is 0 Å². The van der Waals surface area contributed by atoms with E-state index in [2.05, 4.69) is 89.6 Å². The van der Waals surface area contributed by atoms with Gasteiger partial charge in [0, 0.05) is 22.1 Å². The van der Waals surface area contributed by atoms with Crippen LogP contribution in [-0.2, 0) is 55.2 Å². The van der Waals surface area contributed by atoms with Crippen molar-refractivity contribution in [1.82, 2.24) is 19.9 Å². The number of aromatic amines is 2. The van der Waals surface area contributed by atoms with Crippen LogP contribution >= 0.6 is 0 Å². The molecule has 43 heavy (non-hydrogen) atoms. The van der Waals surface area contributed by atoms with E-state index in [0.717, 1.165) is 74.1 Å². The minimum atomic E-state index is 0. The maximum absolute atomic E-state index is 5.29. The molecule has 0 saturated heterocycles. The summed E-state index contributed by atoms with van der Waals surface area (Å²) in [5.41, 5.74) is 20.2. The summed E-state index contributed by atoms with van der Waals surface area (Å²) in [5, 5.41) is 0. The van der Waals surface area contributed by atoms with Crippen molar-refractivity contribution >= 4 is 44.4 Å². The number of nitrogens with one attached hydrogen (secondary N) is 2. The van der Waals surface area contributed by atoms with Crippen LogP contribution in [0.15, 0.2) is 24.3 Å². The summed E-state index contributed by atoms with van der Waals surface area (Å²) in [6.07, 6.45) is 7.84. The molecule has 0 aromatic carbocycles. The van der Waals surface area contributed by atoms with Gasteiger partial charge in [-0.25, -0.2) is 9.97 Å². The number of hydrogen-bond donors (Lipinski definition) is 2. The van der Waals surface area contributed by atoms with Gasteiger partial charge in [-0.2, -0.15) is 0 Å². The first-order valence-corrected chi connectivity index (χ1v) is 15.7. The van der Waals surface area contributed by atoms with E-state index in [4.69, 9.17) is 9.97 Å². The van der Waals surface area contributed by atoms with Crippen molar-refractivity contribution in [3.8, 4) is 0 Å². The van der Waals surface area contributed by atoms with E-state index in [1.54, 1.807) is 0 Å². The molecule has 5 rings (SSSR count). The predicted octanol–water partition coefficient (Wildman–Crippen LogP) is 9.79. The van der Waals surface area contributed by atoms with Gasteiger partial charge >= 0.3 is 18.6 Å².